The molecule has 1 atom stereocenters. The Hall–Kier alpha value is -0.480. The van der Waals surface area contributed by atoms with Crippen molar-refractivity contribution in [1.82, 2.24) is 5.32 Å². The van der Waals surface area contributed by atoms with Crippen LogP contribution in [0.2, 0.25) is 0 Å². The highest BCUT2D eigenvalue weighted by atomic mass is 79.9. The van der Waals surface area contributed by atoms with E-state index in [0.717, 1.165) is 45.1 Å². The molecule has 0 aromatic heterocycles. The van der Waals surface area contributed by atoms with Gasteiger partial charge in [0.25, 0.3) is 0 Å². The van der Waals surface area contributed by atoms with Crippen molar-refractivity contribution in [3.05, 3.63) is 33.8 Å². The normalized spacial score (nSPS) is 24.2. The van der Waals surface area contributed by atoms with Crippen molar-refractivity contribution in [2.45, 2.75) is 51.0 Å². The molecule has 1 heterocycles. The maximum atomic E-state index is 14.4. The molecule has 0 aliphatic carbocycles. The Labute approximate surface area is 121 Å². The van der Waals surface area contributed by atoms with Gasteiger partial charge in [-0.05, 0) is 53.9 Å². The maximum Gasteiger partial charge on any atom is 0.145 e. The van der Waals surface area contributed by atoms with E-state index in [1.807, 2.05) is 0 Å². The minimum absolute atomic E-state index is 0.214. The molecule has 106 valence electrons. The number of hydrogen-bond acceptors (Lipinski definition) is 1. The van der Waals surface area contributed by atoms with Gasteiger partial charge in [-0.25, -0.2) is 8.78 Å². The summed E-state index contributed by atoms with van der Waals surface area (Å²) >= 11 is 3.17. The smallest absolute Gasteiger partial charge is 0.145 e. The van der Waals surface area contributed by atoms with E-state index < -0.39 is 17.2 Å². The third kappa shape index (κ3) is 3.00. The largest absolute Gasteiger partial charge is 0.307 e. The van der Waals surface area contributed by atoms with Crippen molar-refractivity contribution >= 4 is 15.9 Å². The lowest BCUT2D eigenvalue weighted by molar-refractivity contribution is 0.274. The Morgan fingerprint density at radius 1 is 1.26 bits per heavy atom. The molecule has 0 radical (unpaired) electrons. The summed E-state index contributed by atoms with van der Waals surface area (Å²) in [6, 6.07) is 2.79. The molecule has 1 saturated heterocycles. The highest BCUT2D eigenvalue weighted by Gasteiger charge is 2.37. The van der Waals surface area contributed by atoms with Crippen LogP contribution in [0.3, 0.4) is 0 Å². The molecule has 1 nitrogen and oxygen atoms in total. The average Bonchev–Trinajstić information content (AvgIpc) is 2.61. The van der Waals surface area contributed by atoms with Gasteiger partial charge in [-0.1, -0.05) is 26.2 Å². The lowest BCUT2D eigenvalue weighted by Gasteiger charge is -2.35. The molecule has 0 saturated carbocycles. The van der Waals surface area contributed by atoms with Gasteiger partial charge in [0, 0.05) is 11.1 Å². The van der Waals surface area contributed by atoms with Crippen molar-refractivity contribution in [3.8, 4) is 0 Å². The van der Waals surface area contributed by atoms with E-state index in [9.17, 15) is 8.78 Å². The van der Waals surface area contributed by atoms with Gasteiger partial charge >= 0.3 is 0 Å². The number of halogens is 3. The number of nitrogens with one attached hydrogen (secondary N) is 1. The van der Waals surface area contributed by atoms with E-state index in [2.05, 4.69) is 28.2 Å². The lowest BCUT2D eigenvalue weighted by Crippen LogP contribution is -2.43. The highest BCUT2D eigenvalue weighted by Crippen LogP contribution is 2.38. The van der Waals surface area contributed by atoms with Gasteiger partial charge in [-0.2, -0.15) is 0 Å². The van der Waals surface area contributed by atoms with Gasteiger partial charge in [0.2, 0.25) is 0 Å². The summed E-state index contributed by atoms with van der Waals surface area (Å²) < 4.78 is 29.0. The van der Waals surface area contributed by atoms with E-state index in [-0.39, 0.29) is 5.56 Å². The molecule has 1 aliphatic heterocycles. The summed E-state index contributed by atoms with van der Waals surface area (Å²) in [4.78, 5) is 0. The monoisotopic (exact) mass is 331 g/mol. The molecule has 1 unspecified atom stereocenters. The Kier molecular flexibility index (Phi) is 4.96. The van der Waals surface area contributed by atoms with Crippen LogP contribution in [0.25, 0.3) is 0 Å². The Morgan fingerprint density at radius 2 is 2.05 bits per heavy atom. The zero-order valence-electron chi connectivity index (χ0n) is 11.2. The SMILES string of the molecule is CCCC1(c2c(F)ccc(Br)c2F)CCCCCN1. The molecule has 1 aromatic carbocycles. The third-order valence-electron chi connectivity index (χ3n) is 3.94. The molecule has 1 aromatic rings. The third-order valence-corrected chi connectivity index (χ3v) is 4.56. The van der Waals surface area contributed by atoms with Crippen LogP contribution in [0.1, 0.15) is 51.0 Å². The summed E-state index contributed by atoms with van der Waals surface area (Å²) in [5.41, 5.74) is -0.339. The van der Waals surface area contributed by atoms with Crippen LogP contribution < -0.4 is 5.32 Å². The van der Waals surface area contributed by atoms with Crippen molar-refractivity contribution in [1.29, 1.82) is 0 Å². The highest BCUT2D eigenvalue weighted by molar-refractivity contribution is 9.10. The van der Waals surface area contributed by atoms with Crippen LogP contribution in [-0.2, 0) is 5.54 Å². The maximum absolute atomic E-state index is 14.4. The van der Waals surface area contributed by atoms with Crippen molar-refractivity contribution in [2.24, 2.45) is 0 Å². The quantitative estimate of drug-likeness (QED) is 0.778. The van der Waals surface area contributed by atoms with Crippen molar-refractivity contribution < 1.29 is 8.78 Å². The molecule has 19 heavy (non-hydrogen) atoms. The lowest BCUT2D eigenvalue weighted by atomic mass is 9.81. The summed E-state index contributed by atoms with van der Waals surface area (Å²) in [7, 11) is 0. The summed E-state index contributed by atoms with van der Waals surface area (Å²) in [5.74, 6) is -0.897. The summed E-state index contributed by atoms with van der Waals surface area (Å²) in [5, 5.41) is 3.42. The second-order valence-corrected chi connectivity index (χ2v) is 6.14. The fraction of sp³-hybridized carbons (Fsp3) is 0.600. The first-order valence-electron chi connectivity index (χ1n) is 7.00. The van der Waals surface area contributed by atoms with Crippen LogP contribution in [0.15, 0.2) is 16.6 Å². The van der Waals surface area contributed by atoms with Crippen LogP contribution in [0.4, 0.5) is 8.78 Å². The molecule has 1 fully saturated rings. The Bertz CT molecular complexity index is 440. The van der Waals surface area contributed by atoms with Gasteiger partial charge in [0.1, 0.15) is 11.6 Å². The van der Waals surface area contributed by atoms with Crippen molar-refractivity contribution in [2.75, 3.05) is 6.54 Å². The Morgan fingerprint density at radius 3 is 2.79 bits per heavy atom. The first-order valence-corrected chi connectivity index (χ1v) is 7.79. The molecule has 1 aliphatic rings. The molecule has 2 rings (SSSR count). The molecular formula is C15H20BrF2N. The molecule has 4 heteroatoms. The van der Waals surface area contributed by atoms with E-state index in [0.29, 0.717) is 4.47 Å². The minimum atomic E-state index is -0.552. The number of hydrogen-bond donors (Lipinski definition) is 1. The van der Waals surface area contributed by atoms with Gasteiger partial charge in [-0.3, -0.25) is 0 Å². The van der Waals surface area contributed by atoms with Crippen molar-refractivity contribution in [3.63, 3.8) is 0 Å². The topological polar surface area (TPSA) is 12.0 Å². The standard InChI is InChI=1S/C15H20BrF2N/c1-2-8-15(9-4-3-5-10-19-15)13-12(17)7-6-11(16)14(13)18/h6-7,19H,2-5,8-10H2,1H3. The molecular weight excluding hydrogens is 312 g/mol. The van der Waals surface area contributed by atoms with Gasteiger partial charge in [-0.15, -0.1) is 0 Å². The summed E-state index contributed by atoms with van der Waals surface area (Å²) in [6.45, 7) is 2.88. The number of rotatable bonds is 3. The molecule has 1 N–H and O–H groups in total. The van der Waals surface area contributed by atoms with Crippen LogP contribution in [0, 0.1) is 11.6 Å². The van der Waals surface area contributed by atoms with Crippen LogP contribution in [0.5, 0.6) is 0 Å². The molecule has 0 spiro atoms. The average molecular weight is 332 g/mol. The van der Waals surface area contributed by atoms with E-state index in [1.165, 1.54) is 12.1 Å². The fourth-order valence-corrected chi connectivity index (χ4v) is 3.42. The predicted octanol–water partition coefficient (Wildman–Crippen LogP) is 4.89. The fourth-order valence-electron chi connectivity index (χ4n) is 3.09. The minimum Gasteiger partial charge on any atom is -0.307 e. The predicted molar refractivity (Wildman–Crippen MR) is 77.1 cm³/mol. The zero-order valence-corrected chi connectivity index (χ0v) is 12.8. The second-order valence-electron chi connectivity index (χ2n) is 5.29. The second kappa shape index (κ2) is 6.31. The molecule has 0 bridgehead atoms. The van der Waals surface area contributed by atoms with Gasteiger partial charge in [0.15, 0.2) is 0 Å². The first kappa shape index (κ1) is 14.9. The van der Waals surface area contributed by atoms with Crippen LogP contribution >= 0.6 is 15.9 Å². The summed E-state index contributed by atoms with van der Waals surface area (Å²) in [6.07, 6.45) is 5.66. The zero-order chi connectivity index (χ0) is 13.9. The number of benzene rings is 1. The van der Waals surface area contributed by atoms with E-state index >= 15 is 0 Å². The first-order chi connectivity index (χ1) is 9.10. The van der Waals surface area contributed by atoms with Crippen LogP contribution in [-0.4, -0.2) is 6.54 Å². The van der Waals surface area contributed by atoms with E-state index in [4.69, 9.17) is 0 Å². The van der Waals surface area contributed by atoms with Gasteiger partial charge in [0.05, 0.1) is 4.47 Å². The van der Waals surface area contributed by atoms with E-state index in [1.54, 1.807) is 0 Å². The Balaban J connectivity index is 2.51. The molecule has 0 amide bonds. The van der Waals surface area contributed by atoms with Gasteiger partial charge < -0.3 is 5.32 Å².